The number of hydrogen-bond donors (Lipinski definition) is 1. The van der Waals surface area contributed by atoms with Crippen molar-refractivity contribution in [3.05, 3.63) is 94.5 Å². The van der Waals surface area contributed by atoms with Crippen LogP contribution in [0.25, 0.3) is 0 Å². The molecule has 0 saturated heterocycles. The number of benzene rings is 3. The van der Waals surface area contributed by atoms with Crippen LogP contribution in [0.1, 0.15) is 23.6 Å². The minimum atomic E-state index is -0.182. The molecule has 0 atom stereocenters. The molecule has 30 heavy (non-hydrogen) atoms. The van der Waals surface area contributed by atoms with Crippen LogP contribution in [-0.2, 0) is 17.8 Å². The van der Waals surface area contributed by atoms with E-state index in [0.29, 0.717) is 18.2 Å². The average Bonchev–Trinajstić information content (AvgIpc) is 2.76. The SMILES string of the molecule is CCOc1ccc(CC(=O)N/N=C/c2ccc(OCc3ccc(Cl)cc3)cc2)cc1. The quantitative estimate of drug-likeness (QED) is 0.389. The van der Waals surface area contributed by atoms with Crippen LogP contribution >= 0.6 is 11.6 Å². The Morgan fingerprint density at radius 2 is 1.50 bits per heavy atom. The molecule has 0 aromatic heterocycles. The number of amides is 1. The molecular formula is C24H23ClN2O3. The molecule has 0 saturated carbocycles. The van der Waals surface area contributed by atoms with Crippen LogP contribution in [0.5, 0.6) is 11.5 Å². The molecule has 154 valence electrons. The van der Waals surface area contributed by atoms with E-state index in [2.05, 4.69) is 10.5 Å². The fraction of sp³-hybridized carbons (Fsp3) is 0.167. The number of nitrogens with zero attached hydrogens (tertiary/aromatic N) is 1. The van der Waals surface area contributed by atoms with E-state index in [-0.39, 0.29) is 12.3 Å². The van der Waals surface area contributed by atoms with E-state index in [1.807, 2.05) is 79.7 Å². The maximum Gasteiger partial charge on any atom is 0.244 e. The molecule has 0 fully saturated rings. The van der Waals surface area contributed by atoms with Crippen molar-refractivity contribution < 1.29 is 14.3 Å². The Hall–Kier alpha value is -3.31. The van der Waals surface area contributed by atoms with Crippen molar-refractivity contribution in [1.82, 2.24) is 5.43 Å². The highest BCUT2D eigenvalue weighted by atomic mass is 35.5. The Kier molecular flexibility index (Phi) is 7.86. The van der Waals surface area contributed by atoms with Crippen LogP contribution in [0.2, 0.25) is 5.02 Å². The molecule has 0 radical (unpaired) electrons. The van der Waals surface area contributed by atoms with Gasteiger partial charge in [-0.15, -0.1) is 0 Å². The van der Waals surface area contributed by atoms with Crippen molar-refractivity contribution in [2.45, 2.75) is 20.0 Å². The van der Waals surface area contributed by atoms with Gasteiger partial charge < -0.3 is 9.47 Å². The summed E-state index contributed by atoms with van der Waals surface area (Å²) in [5.41, 5.74) is 5.34. The second kappa shape index (κ2) is 11.0. The van der Waals surface area contributed by atoms with Crippen molar-refractivity contribution in [2.75, 3.05) is 6.61 Å². The summed E-state index contributed by atoms with van der Waals surface area (Å²) >= 11 is 5.88. The molecule has 5 nitrogen and oxygen atoms in total. The number of halogens is 1. The highest BCUT2D eigenvalue weighted by Crippen LogP contribution is 2.15. The molecule has 6 heteroatoms. The first-order chi connectivity index (χ1) is 14.6. The summed E-state index contributed by atoms with van der Waals surface area (Å²) in [5, 5.41) is 4.72. The Bertz CT molecular complexity index is 969. The van der Waals surface area contributed by atoms with Gasteiger partial charge >= 0.3 is 0 Å². The summed E-state index contributed by atoms with van der Waals surface area (Å²) < 4.78 is 11.1. The maximum atomic E-state index is 12.0. The lowest BCUT2D eigenvalue weighted by Gasteiger charge is -2.06. The highest BCUT2D eigenvalue weighted by molar-refractivity contribution is 6.30. The van der Waals surface area contributed by atoms with Gasteiger partial charge in [0, 0.05) is 5.02 Å². The third-order valence-corrected chi connectivity index (χ3v) is 4.45. The van der Waals surface area contributed by atoms with Gasteiger partial charge in [0.05, 0.1) is 19.2 Å². The van der Waals surface area contributed by atoms with E-state index >= 15 is 0 Å². The van der Waals surface area contributed by atoms with E-state index in [9.17, 15) is 4.79 Å². The summed E-state index contributed by atoms with van der Waals surface area (Å²) in [4.78, 5) is 12.0. The maximum absolute atomic E-state index is 12.0. The van der Waals surface area contributed by atoms with Crippen LogP contribution in [0.15, 0.2) is 77.9 Å². The Morgan fingerprint density at radius 1 is 0.900 bits per heavy atom. The van der Waals surface area contributed by atoms with Gasteiger partial charge in [0.1, 0.15) is 18.1 Å². The normalized spacial score (nSPS) is 10.7. The van der Waals surface area contributed by atoms with Gasteiger partial charge in [-0.1, -0.05) is 35.9 Å². The molecule has 0 aliphatic heterocycles. The van der Waals surface area contributed by atoms with E-state index in [0.717, 1.165) is 28.2 Å². The Labute approximate surface area is 181 Å². The zero-order valence-corrected chi connectivity index (χ0v) is 17.4. The third-order valence-electron chi connectivity index (χ3n) is 4.20. The number of ether oxygens (including phenoxy) is 2. The lowest BCUT2D eigenvalue weighted by Crippen LogP contribution is -2.19. The molecule has 0 aliphatic rings. The smallest absolute Gasteiger partial charge is 0.244 e. The molecule has 3 aromatic rings. The lowest BCUT2D eigenvalue weighted by atomic mass is 10.1. The summed E-state index contributed by atoms with van der Waals surface area (Å²) in [6.45, 7) is 3.01. The first-order valence-electron chi connectivity index (χ1n) is 9.63. The molecule has 3 rings (SSSR count). The molecule has 3 aromatic carbocycles. The number of nitrogens with one attached hydrogen (secondary N) is 1. The number of carbonyl (C=O) groups is 1. The fourth-order valence-electron chi connectivity index (χ4n) is 2.67. The molecule has 1 N–H and O–H groups in total. The predicted octanol–water partition coefficient (Wildman–Crippen LogP) is 5.01. The van der Waals surface area contributed by atoms with Crippen molar-refractivity contribution in [2.24, 2.45) is 5.10 Å². The largest absolute Gasteiger partial charge is 0.494 e. The second-order valence-corrected chi connectivity index (χ2v) is 6.97. The van der Waals surface area contributed by atoms with Gasteiger partial charge in [-0.2, -0.15) is 5.10 Å². The zero-order valence-electron chi connectivity index (χ0n) is 16.7. The van der Waals surface area contributed by atoms with Crippen LogP contribution in [-0.4, -0.2) is 18.7 Å². The zero-order chi connectivity index (χ0) is 21.2. The van der Waals surface area contributed by atoms with Crippen molar-refractivity contribution in [3.8, 4) is 11.5 Å². The molecule has 0 aliphatic carbocycles. The Morgan fingerprint density at radius 3 is 2.17 bits per heavy atom. The molecule has 0 bridgehead atoms. The first kappa shape index (κ1) is 21.4. The Balaban J connectivity index is 1.44. The molecule has 0 heterocycles. The van der Waals surface area contributed by atoms with Gasteiger partial charge in [-0.05, 0) is 72.1 Å². The molecule has 0 unspecified atom stereocenters. The fourth-order valence-corrected chi connectivity index (χ4v) is 2.80. The first-order valence-corrected chi connectivity index (χ1v) is 10.0. The van der Waals surface area contributed by atoms with Crippen molar-refractivity contribution >= 4 is 23.7 Å². The minimum absolute atomic E-state index is 0.182. The van der Waals surface area contributed by atoms with Crippen molar-refractivity contribution in [1.29, 1.82) is 0 Å². The van der Waals surface area contributed by atoms with E-state index in [1.54, 1.807) is 6.21 Å². The van der Waals surface area contributed by atoms with E-state index in [4.69, 9.17) is 21.1 Å². The summed E-state index contributed by atoms with van der Waals surface area (Å²) in [6, 6.07) is 22.5. The monoisotopic (exact) mass is 422 g/mol. The second-order valence-electron chi connectivity index (χ2n) is 6.53. The van der Waals surface area contributed by atoms with E-state index in [1.165, 1.54) is 0 Å². The van der Waals surface area contributed by atoms with Gasteiger partial charge in [0.2, 0.25) is 5.91 Å². The number of carbonyl (C=O) groups excluding carboxylic acids is 1. The van der Waals surface area contributed by atoms with Crippen LogP contribution in [0.4, 0.5) is 0 Å². The molecule has 1 amide bonds. The molecule has 0 spiro atoms. The van der Waals surface area contributed by atoms with Crippen molar-refractivity contribution in [3.63, 3.8) is 0 Å². The number of rotatable bonds is 9. The van der Waals surface area contributed by atoms with Gasteiger partial charge in [-0.3, -0.25) is 4.79 Å². The standard InChI is InChI=1S/C24H23ClN2O3/c1-2-29-22-11-5-18(6-12-22)15-24(28)27-26-16-19-7-13-23(14-8-19)30-17-20-3-9-21(25)10-4-20/h3-14,16H,2,15,17H2,1H3,(H,27,28)/b26-16+. The minimum Gasteiger partial charge on any atom is -0.494 e. The topological polar surface area (TPSA) is 59.9 Å². The number of hydrogen-bond acceptors (Lipinski definition) is 4. The van der Waals surface area contributed by atoms with Crippen LogP contribution in [0.3, 0.4) is 0 Å². The summed E-state index contributed by atoms with van der Waals surface area (Å²) in [7, 11) is 0. The highest BCUT2D eigenvalue weighted by Gasteiger charge is 2.03. The third kappa shape index (κ3) is 6.94. The summed E-state index contributed by atoms with van der Waals surface area (Å²) in [5.74, 6) is 1.36. The van der Waals surface area contributed by atoms with Gasteiger partial charge in [0.25, 0.3) is 0 Å². The van der Waals surface area contributed by atoms with Gasteiger partial charge in [0.15, 0.2) is 0 Å². The predicted molar refractivity (Wildman–Crippen MR) is 119 cm³/mol. The summed E-state index contributed by atoms with van der Waals surface area (Å²) in [6.07, 6.45) is 1.85. The molecular weight excluding hydrogens is 400 g/mol. The van der Waals surface area contributed by atoms with E-state index < -0.39 is 0 Å². The average molecular weight is 423 g/mol. The van der Waals surface area contributed by atoms with Crippen LogP contribution < -0.4 is 14.9 Å². The number of hydrazone groups is 1. The van der Waals surface area contributed by atoms with Crippen LogP contribution in [0, 0.1) is 0 Å². The van der Waals surface area contributed by atoms with Gasteiger partial charge in [-0.25, -0.2) is 5.43 Å². The lowest BCUT2D eigenvalue weighted by molar-refractivity contribution is -0.120.